The zero-order chi connectivity index (χ0) is 15.2. The van der Waals surface area contributed by atoms with Gasteiger partial charge in [-0.1, -0.05) is 37.2 Å². The molecule has 1 aliphatic carbocycles. The lowest BCUT2D eigenvalue weighted by Gasteiger charge is -2.29. The number of hydrogen-bond donors (Lipinski definition) is 1. The fourth-order valence-electron chi connectivity index (χ4n) is 2.84. The first kappa shape index (κ1) is 15.9. The molecule has 0 aliphatic heterocycles. The maximum absolute atomic E-state index is 12.9. The molecule has 0 spiro atoms. The van der Waals surface area contributed by atoms with Gasteiger partial charge in [0.1, 0.15) is 5.82 Å². The SMILES string of the molecule is NC(=S)CCN(C(=O)Cc1ccc(F)cc1)C1CCCC1. The highest BCUT2D eigenvalue weighted by molar-refractivity contribution is 7.80. The van der Waals surface area contributed by atoms with E-state index < -0.39 is 0 Å². The van der Waals surface area contributed by atoms with Crippen LogP contribution in [-0.2, 0) is 11.2 Å². The van der Waals surface area contributed by atoms with Crippen LogP contribution in [0, 0.1) is 5.82 Å². The van der Waals surface area contributed by atoms with Crippen molar-refractivity contribution in [2.75, 3.05) is 6.54 Å². The van der Waals surface area contributed by atoms with Crippen molar-refractivity contribution in [1.29, 1.82) is 0 Å². The van der Waals surface area contributed by atoms with E-state index in [4.69, 9.17) is 18.0 Å². The Hall–Kier alpha value is -1.49. The zero-order valence-corrected chi connectivity index (χ0v) is 12.9. The number of carbonyl (C=O) groups is 1. The molecular formula is C16H21FN2OS. The van der Waals surface area contributed by atoms with Crippen molar-refractivity contribution < 1.29 is 9.18 Å². The highest BCUT2D eigenvalue weighted by atomic mass is 32.1. The summed E-state index contributed by atoms with van der Waals surface area (Å²) in [6.45, 7) is 0.583. The first-order valence-corrected chi connectivity index (χ1v) is 7.79. The Bertz CT molecular complexity index is 498. The highest BCUT2D eigenvalue weighted by Gasteiger charge is 2.26. The number of carbonyl (C=O) groups excluding carboxylic acids is 1. The van der Waals surface area contributed by atoms with Gasteiger partial charge in [-0.3, -0.25) is 4.79 Å². The van der Waals surface area contributed by atoms with Gasteiger partial charge in [0.25, 0.3) is 0 Å². The second kappa shape index (κ2) is 7.50. The Morgan fingerprint density at radius 3 is 2.48 bits per heavy atom. The predicted molar refractivity (Wildman–Crippen MR) is 85.5 cm³/mol. The molecule has 21 heavy (non-hydrogen) atoms. The van der Waals surface area contributed by atoms with Crippen LogP contribution in [0.1, 0.15) is 37.7 Å². The van der Waals surface area contributed by atoms with Crippen molar-refractivity contribution in [3.63, 3.8) is 0 Å². The third kappa shape index (κ3) is 4.77. The maximum Gasteiger partial charge on any atom is 0.227 e. The minimum absolute atomic E-state index is 0.0739. The van der Waals surface area contributed by atoms with Crippen molar-refractivity contribution >= 4 is 23.1 Å². The molecule has 114 valence electrons. The van der Waals surface area contributed by atoms with E-state index in [0.29, 0.717) is 30.4 Å². The lowest BCUT2D eigenvalue weighted by Crippen LogP contribution is -2.41. The van der Waals surface area contributed by atoms with E-state index in [1.807, 2.05) is 4.90 Å². The molecule has 0 aromatic heterocycles. The van der Waals surface area contributed by atoms with E-state index in [1.54, 1.807) is 12.1 Å². The molecule has 2 N–H and O–H groups in total. The minimum atomic E-state index is -0.285. The Morgan fingerprint density at radius 1 is 1.29 bits per heavy atom. The number of thiocarbonyl (C=S) groups is 1. The molecule has 0 unspecified atom stereocenters. The van der Waals surface area contributed by atoms with Crippen LogP contribution in [0.15, 0.2) is 24.3 Å². The number of amides is 1. The van der Waals surface area contributed by atoms with E-state index in [-0.39, 0.29) is 11.7 Å². The van der Waals surface area contributed by atoms with Gasteiger partial charge in [0.2, 0.25) is 5.91 Å². The van der Waals surface area contributed by atoms with Crippen LogP contribution in [0.2, 0.25) is 0 Å². The quantitative estimate of drug-likeness (QED) is 0.822. The Balaban J connectivity index is 2.02. The van der Waals surface area contributed by atoms with Gasteiger partial charge in [-0.25, -0.2) is 4.39 Å². The van der Waals surface area contributed by atoms with Gasteiger partial charge in [-0.05, 0) is 30.5 Å². The molecule has 0 bridgehead atoms. The Kier molecular flexibility index (Phi) is 5.67. The lowest BCUT2D eigenvalue weighted by atomic mass is 10.1. The molecule has 1 saturated carbocycles. The normalized spacial score (nSPS) is 15.1. The molecule has 1 fully saturated rings. The summed E-state index contributed by atoms with van der Waals surface area (Å²) < 4.78 is 12.9. The summed E-state index contributed by atoms with van der Waals surface area (Å²) >= 11 is 4.92. The van der Waals surface area contributed by atoms with Crippen molar-refractivity contribution in [3.05, 3.63) is 35.6 Å². The third-order valence-corrected chi connectivity index (χ3v) is 4.16. The minimum Gasteiger partial charge on any atom is -0.393 e. The second-order valence-electron chi connectivity index (χ2n) is 5.54. The fourth-order valence-corrected chi connectivity index (χ4v) is 2.93. The van der Waals surface area contributed by atoms with Crippen LogP contribution in [0.3, 0.4) is 0 Å². The highest BCUT2D eigenvalue weighted by Crippen LogP contribution is 2.24. The molecule has 1 aliphatic rings. The number of nitrogens with two attached hydrogens (primary N) is 1. The van der Waals surface area contributed by atoms with E-state index in [1.165, 1.54) is 12.1 Å². The molecular weight excluding hydrogens is 287 g/mol. The summed E-state index contributed by atoms with van der Waals surface area (Å²) in [4.78, 5) is 14.9. The van der Waals surface area contributed by atoms with Crippen molar-refractivity contribution in [3.8, 4) is 0 Å². The molecule has 5 heteroatoms. The summed E-state index contributed by atoms with van der Waals surface area (Å²) in [6, 6.07) is 6.39. The van der Waals surface area contributed by atoms with Crippen molar-refractivity contribution in [1.82, 2.24) is 4.90 Å². The Labute approximate surface area is 130 Å². The third-order valence-electron chi connectivity index (χ3n) is 3.95. The van der Waals surface area contributed by atoms with Gasteiger partial charge in [-0.2, -0.15) is 0 Å². The molecule has 1 aromatic rings. The summed E-state index contributed by atoms with van der Waals surface area (Å²) in [7, 11) is 0. The number of rotatable bonds is 6. The summed E-state index contributed by atoms with van der Waals surface area (Å²) in [6.07, 6.45) is 5.28. The van der Waals surface area contributed by atoms with Gasteiger partial charge in [0.05, 0.1) is 11.4 Å². The fraction of sp³-hybridized carbons (Fsp3) is 0.500. The molecule has 3 nitrogen and oxygen atoms in total. The molecule has 2 rings (SSSR count). The van der Waals surface area contributed by atoms with Crippen molar-refractivity contribution in [2.24, 2.45) is 5.73 Å². The predicted octanol–water partition coefficient (Wildman–Crippen LogP) is 2.82. The second-order valence-corrected chi connectivity index (χ2v) is 6.07. The molecule has 0 saturated heterocycles. The number of halogens is 1. The first-order chi connectivity index (χ1) is 10.1. The van der Waals surface area contributed by atoms with Crippen LogP contribution < -0.4 is 5.73 Å². The smallest absolute Gasteiger partial charge is 0.227 e. The van der Waals surface area contributed by atoms with Crippen LogP contribution in [-0.4, -0.2) is 28.4 Å². The van der Waals surface area contributed by atoms with Crippen LogP contribution >= 0.6 is 12.2 Å². The summed E-state index contributed by atoms with van der Waals surface area (Å²) in [5.74, 6) is -0.211. The summed E-state index contributed by atoms with van der Waals surface area (Å²) in [5.41, 5.74) is 6.39. The standard InChI is InChI=1S/C16H21FN2OS/c17-13-7-5-12(6-8-13)11-16(20)19(10-9-15(18)21)14-3-1-2-4-14/h5-8,14H,1-4,9-11H2,(H2,18,21). The largest absolute Gasteiger partial charge is 0.393 e. The van der Waals surface area contributed by atoms with E-state index in [2.05, 4.69) is 0 Å². The van der Waals surface area contributed by atoms with Crippen molar-refractivity contribution in [2.45, 2.75) is 44.6 Å². The van der Waals surface area contributed by atoms with Crippen LogP contribution in [0.4, 0.5) is 4.39 Å². The average Bonchev–Trinajstić information content (AvgIpc) is 2.95. The monoisotopic (exact) mass is 308 g/mol. The molecule has 0 heterocycles. The number of nitrogens with zero attached hydrogens (tertiary/aromatic N) is 1. The van der Waals surface area contributed by atoms with Gasteiger partial charge in [0, 0.05) is 19.0 Å². The van der Waals surface area contributed by atoms with Gasteiger partial charge in [-0.15, -0.1) is 0 Å². The van der Waals surface area contributed by atoms with Gasteiger partial charge in [0.15, 0.2) is 0 Å². The van der Waals surface area contributed by atoms with E-state index >= 15 is 0 Å². The zero-order valence-electron chi connectivity index (χ0n) is 12.1. The lowest BCUT2D eigenvalue weighted by molar-refractivity contribution is -0.132. The van der Waals surface area contributed by atoms with Crippen LogP contribution in [0.25, 0.3) is 0 Å². The average molecular weight is 308 g/mol. The topological polar surface area (TPSA) is 46.3 Å². The van der Waals surface area contributed by atoms with Gasteiger partial charge >= 0.3 is 0 Å². The molecule has 1 amide bonds. The first-order valence-electron chi connectivity index (χ1n) is 7.38. The molecule has 1 aromatic carbocycles. The van der Waals surface area contributed by atoms with Gasteiger partial charge < -0.3 is 10.6 Å². The van der Waals surface area contributed by atoms with Crippen LogP contribution in [0.5, 0.6) is 0 Å². The number of benzene rings is 1. The van der Waals surface area contributed by atoms with E-state index in [9.17, 15) is 9.18 Å². The molecule has 0 radical (unpaired) electrons. The number of hydrogen-bond acceptors (Lipinski definition) is 2. The summed E-state index contributed by atoms with van der Waals surface area (Å²) in [5, 5.41) is 0. The maximum atomic E-state index is 12.9. The molecule has 0 atom stereocenters. The van der Waals surface area contributed by atoms with E-state index in [0.717, 1.165) is 31.2 Å². The Morgan fingerprint density at radius 2 is 1.90 bits per heavy atom.